The van der Waals surface area contributed by atoms with Crippen LogP contribution in [0, 0.1) is 0 Å². The summed E-state index contributed by atoms with van der Waals surface area (Å²) in [6, 6.07) is 16.0. The third-order valence-electron chi connectivity index (χ3n) is 2.91. The Morgan fingerprint density at radius 3 is 2.39 bits per heavy atom. The van der Waals surface area contributed by atoms with Crippen molar-refractivity contribution in [1.29, 1.82) is 0 Å². The summed E-state index contributed by atoms with van der Waals surface area (Å²) in [5.74, 6) is -1.39. The molecule has 0 saturated heterocycles. The molecule has 2 aromatic carbocycles. The van der Waals surface area contributed by atoms with Crippen molar-refractivity contribution in [3.05, 3.63) is 70.7 Å². The maximum atomic E-state index is 12.2. The molecule has 0 aliphatic carbocycles. The molecule has 0 bridgehead atoms. The predicted octanol–water partition coefficient (Wildman–Crippen LogP) is 3.09. The summed E-state index contributed by atoms with van der Waals surface area (Å²) in [7, 11) is 0. The highest BCUT2D eigenvalue weighted by atomic mass is 35.5. The Bertz CT molecular complexity index is 682. The number of carbonyl (C=O) groups excluding carboxylic acids is 1. The summed E-state index contributed by atoms with van der Waals surface area (Å²) in [5, 5.41) is 8.81. The number of nitrogens with one attached hydrogen (secondary N) is 2. The van der Waals surface area contributed by atoms with Gasteiger partial charge in [-0.05, 0) is 17.7 Å². The van der Waals surface area contributed by atoms with Crippen molar-refractivity contribution in [3.63, 3.8) is 0 Å². The molecule has 1 atom stereocenters. The van der Waals surface area contributed by atoms with Crippen LogP contribution in [0.3, 0.4) is 0 Å². The molecule has 0 heterocycles. The maximum Gasteiger partial charge on any atom is 0.313 e. The number of hydrazine groups is 1. The number of rotatable bonds is 7. The number of thioether (sulfide) groups is 1. The Morgan fingerprint density at radius 2 is 1.74 bits per heavy atom. The quantitative estimate of drug-likeness (QED) is 0.528. The van der Waals surface area contributed by atoms with Crippen molar-refractivity contribution >= 4 is 35.2 Å². The predicted molar refractivity (Wildman–Crippen MR) is 91.3 cm³/mol. The van der Waals surface area contributed by atoms with Gasteiger partial charge in [-0.25, -0.2) is 5.43 Å². The van der Waals surface area contributed by atoms with Gasteiger partial charge < -0.3 is 5.11 Å². The van der Waals surface area contributed by atoms with Crippen LogP contribution in [-0.4, -0.2) is 22.7 Å². The van der Waals surface area contributed by atoms with Crippen LogP contribution in [0.15, 0.2) is 54.6 Å². The molecule has 120 valence electrons. The van der Waals surface area contributed by atoms with Crippen LogP contribution in [0.25, 0.3) is 0 Å². The number of carboxylic acids is 1. The molecule has 2 aromatic rings. The average Bonchev–Trinajstić information content (AvgIpc) is 2.55. The highest BCUT2D eigenvalue weighted by molar-refractivity contribution is 8.00. The molecule has 3 N–H and O–H groups in total. The molecule has 0 aliphatic heterocycles. The first-order valence-electron chi connectivity index (χ1n) is 6.76. The van der Waals surface area contributed by atoms with E-state index in [1.807, 2.05) is 30.3 Å². The number of hydrogen-bond donors (Lipinski definition) is 3. The highest BCUT2D eigenvalue weighted by Crippen LogP contribution is 2.25. The van der Waals surface area contributed by atoms with Gasteiger partial charge in [-0.15, -0.1) is 11.8 Å². The summed E-state index contributed by atoms with van der Waals surface area (Å²) in [5.41, 5.74) is 6.64. The largest absolute Gasteiger partial charge is 0.481 e. The number of amides is 1. The van der Waals surface area contributed by atoms with Gasteiger partial charge in [0.2, 0.25) is 0 Å². The zero-order valence-corrected chi connectivity index (χ0v) is 13.6. The van der Waals surface area contributed by atoms with Crippen LogP contribution in [-0.2, 0) is 4.79 Å². The van der Waals surface area contributed by atoms with Gasteiger partial charge in [0.1, 0.15) is 0 Å². The van der Waals surface area contributed by atoms with Gasteiger partial charge in [0.05, 0.1) is 21.7 Å². The molecule has 0 aromatic heterocycles. The van der Waals surface area contributed by atoms with Crippen molar-refractivity contribution in [2.45, 2.75) is 5.37 Å². The molecular formula is C16H15ClN2O3S. The first kappa shape index (κ1) is 17.3. The van der Waals surface area contributed by atoms with E-state index < -0.39 is 11.3 Å². The summed E-state index contributed by atoms with van der Waals surface area (Å²) in [6.07, 6.45) is 0. The molecule has 1 amide bonds. The van der Waals surface area contributed by atoms with Gasteiger partial charge in [0.15, 0.2) is 0 Å². The Balaban J connectivity index is 2.04. The van der Waals surface area contributed by atoms with Crippen molar-refractivity contribution in [3.8, 4) is 0 Å². The van der Waals surface area contributed by atoms with Gasteiger partial charge in [-0.2, -0.15) is 0 Å². The van der Waals surface area contributed by atoms with E-state index in [0.717, 1.165) is 5.56 Å². The van der Waals surface area contributed by atoms with Crippen LogP contribution in [0.5, 0.6) is 0 Å². The Morgan fingerprint density at radius 1 is 1.09 bits per heavy atom. The normalized spacial score (nSPS) is 11.7. The lowest BCUT2D eigenvalue weighted by Crippen LogP contribution is -2.39. The van der Waals surface area contributed by atoms with Gasteiger partial charge in [-0.1, -0.05) is 54.1 Å². The Labute approximate surface area is 143 Å². The first-order chi connectivity index (χ1) is 11.1. The fraction of sp³-hybridized carbons (Fsp3) is 0.125. The molecule has 0 saturated carbocycles. The SMILES string of the molecule is O=C(O)CS[C@H](NNC(=O)c1ccccc1Cl)c1ccccc1. The van der Waals surface area contributed by atoms with Crippen molar-refractivity contribution in [1.82, 2.24) is 10.9 Å². The van der Waals surface area contributed by atoms with E-state index in [4.69, 9.17) is 16.7 Å². The topological polar surface area (TPSA) is 78.4 Å². The Hall–Kier alpha value is -2.02. The molecule has 0 spiro atoms. The zero-order chi connectivity index (χ0) is 16.7. The van der Waals surface area contributed by atoms with E-state index in [1.54, 1.807) is 24.3 Å². The van der Waals surface area contributed by atoms with Crippen LogP contribution in [0.1, 0.15) is 21.3 Å². The molecular weight excluding hydrogens is 336 g/mol. The zero-order valence-electron chi connectivity index (χ0n) is 12.0. The van der Waals surface area contributed by atoms with E-state index in [0.29, 0.717) is 10.6 Å². The van der Waals surface area contributed by atoms with E-state index >= 15 is 0 Å². The Kier molecular flexibility index (Phi) is 6.46. The monoisotopic (exact) mass is 350 g/mol. The van der Waals surface area contributed by atoms with Crippen LogP contribution in [0.4, 0.5) is 0 Å². The summed E-state index contributed by atoms with van der Waals surface area (Å²) in [6.45, 7) is 0. The molecule has 0 radical (unpaired) electrons. The minimum Gasteiger partial charge on any atom is -0.481 e. The van der Waals surface area contributed by atoms with Crippen LogP contribution < -0.4 is 10.9 Å². The number of aliphatic carboxylic acids is 1. The third kappa shape index (κ3) is 5.28. The van der Waals surface area contributed by atoms with Gasteiger partial charge in [-0.3, -0.25) is 15.0 Å². The molecule has 0 aliphatic rings. The molecule has 23 heavy (non-hydrogen) atoms. The second-order valence-electron chi connectivity index (χ2n) is 4.57. The van der Waals surface area contributed by atoms with E-state index in [1.165, 1.54) is 11.8 Å². The standard InChI is InChI=1S/C16H15ClN2O3S/c17-13-9-5-4-8-12(13)15(22)18-19-16(23-10-14(20)21)11-6-2-1-3-7-11/h1-9,16,19H,10H2,(H,18,22)(H,20,21)/t16-/m0/s1. The smallest absolute Gasteiger partial charge is 0.313 e. The number of benzene rings is 2. The second kappa shape index (κ2) is 8.57. The van der Waals surface area contributed by atoms with E-state index in [9.17, 15) is 9.59 Å². The molecule has 2 rings (SSSR count). The summed E-state index contributed by atoms with van der Waals surface area (Å²) >= 11 is 7.15. The fourth-order valence-electron chi connectivity index (χ4n) is 1.85. The number of halogens is 1. The summed E-state index contributed by atoms with van der Waals surface area (Å²) in [4.78, 5) is 22.9. The molecule has 5 nitrogen and oxygen atoms in total. The van der Waals surface area contributed by atoms with Crippen molar-refractivity contribution in [2.75, 3.05) is 5.75 Å². The number of carbonyl (C=O) groups is 2. The van der Waals surface area contributed by atoms with Crippen molar-refractivity contribution in [2.24, 2.45) is 0 Å². The molecule has 7 heteroatoms. The lowest BCUT2D eigenvalue weighted by molar-refractivity contribution is -0.133. The lowest BCUT2D eigenvalue weighted by atomic mass is 10.2. The number of hydrogen-bond acceptors (Lipinski definition) is 4. The van der Waals surface area contributed by atoms with Gasteiger partial charge >= 0.3 is 5.97 Å². The van der Waals surface area contributed by atoms with E-state index in [2.05, 4.69) is 10.9 Å². The van der Waals surface area contributed by atoms with E-state index in [-0.39, 0.29) is 11.7 Å². The average molecular weight is 351 g/mol. The third-order valence-corrected chi connectivity index (χ3v) is 4.38. The first-order valence-corrected chi connectivity index (χ1v) is 8.19. The molecule has 0 unspecified atom stereocenters. The molecule has 0 fully saturated rings. The number of carboxylic acid groups (broad SMARTS) is 1. The van der Waals surface area contributed by atoms with Gasteiger partial charge in [0, 0.05) is 0 Å². The lowest BCUT2D eigenvalue weighted by Gasteiger charge is -2.19. The minimum absolute atomic E-state index is 0.0888. The second-order valence-corrected chi connectivity index (χ2v) is 6.07. The fourth-order valence-corrected chi connectivity index (χ4v) is 2.87. The van der Waals surface area contributed by atoms with Crippen molar-refractivity contribution < 1.29 is 14.7 Å². The summed E-state index contributed by atoms with van der Waals surface area (Å²) < 4.78 is 0. The minimum atomic E-state index is -0.921. The highest BCUT2D eigenvalue weighted by Gasteiger charge is 2.16. The van der Waals surface area contributed by atoms with Gasteiger partial charge in [0.25, 0.3) is 5.91 Å². The maximum absolute atomic E-state index is 12.2. The van der Waals surface area contributed by atoms with Crippen LogP contribution in [0.2, 0.25) is 5.02 Å². The van der Waals surface area contributed by atoms with Crippen LogP contribution >= 0.6 is 23.4 Å².